The highest BCUT2D eigenvalue weighted by molar-refractivity contribution is 5.91. The minimum Gasteiger partial charge on any atom is -0.493 e. The second-order valence-electron chi connectivity index (χ2n) is 7.83. The summed E-state index contributed by atoms with van der Waals surface area (Å²) in [5, 5.41) is 10.3. The molecule has 8 heteroatoms. The van der Waals surface area contributed by atoms with Crippen LogP contribution in [0.1, 0.15) is 29.6 Å². The zero-order valence-corrected chi connectivity index (χ0v) is 18.5. The standard InChI is InChI=1S/C23H34N2O6/c1-28-20-16-18-17-21(22(20)29-2)30-14-3-6-19(26)7-11-25-9-4-8-24(12-13-25)10-5-15-31-23(18)27/h3,6,16-17,19,26H,4-5,7-15H2,1-2H3/b6-3-. The number of hydrogen-bond acceptors (Lipinski definition) is 8. The Balaban J connectivity index is 1.77. The van der Waals surface area contributed by atoms with Crippen LogP contribution >= 0.6 is 0 Å². The van der Waals surface area contributed by atoms with Crippen LogP contribution in [0.4, 0.5) is 0 Å². The molecular formula is C23H34N2O6. The smallest absolute Gasteiger partial charge is 0.338 e. The summed E-state index contributed by atoms with van der Waals surface area (Å²) < 4.78 is 22.1. The van der Waals surface area contributed by atoms with Gasteiger partial charge in [0.25, 0.3) is 0 Å². The van der Waals surface area contributed by atoms with Gasteiger partial charge in [0.2, 0.25) is 5.75 Å². The maximum atomic E-state index is 12.6. The SMILES string of the molecule is COc1cc2cc(c1OC)OC/C=C\C(O)CCN1CCCN(CCCOC2=O)CC1. The van der Waals surface area contributed by atoms with Crippen LogP contribution in [0.3, 0.4) is 0 Å². The molecule has 1 aromatic rings. The van der Waals surface area contributed by atoms with Crippen molar-refractivity contribution in [1.29, 1.82) is 0 Å². The lowest BCUT2D eigenvalue weighted by Crippen LogP contribution is -2.33. The van der Waals surface area contributed by atoms with Crippen LogP contribution in [-0.2, 0) is 4.74 Å². The van der Waals surface area contributed by atoms with Crippen LogP contribution in [0.15, 0.2) is 24.3 Å². The van der Waals surface area contributed by atoms with Crippen LogP contribution in [0.25, 0.3) is 0 Å². The molecule has 8 nitrogen and oxygen atoms in total. The maximum Gasteiger partial charge on any atom is 0.338 e. The molecule has 3 rings (SSSR count). The number of benzene rings is 1. The molecule has 0 spiro atoms. The predicted molar refractivity (Wildman–Crippen MR) is 117 cm³/mol. The second kappa shape index (κ2) is 11.9. The Labute approximate surface area is 184 Å². The van der Waals surface area contributed by atoms with Gasteiger partial charge in [0.15, 0.2) is 11.5 Å². The Morgan fingerprint density at radius 1 is 0.968 bits per heavy atom. The van der Waals surface area contributed by atoms with Gasteiger partial charge in [0.05, 0.1) is 32.5 Å². The van der Waals surface area contributed by atoms with Gasteiger partial charge >= 0.3 is 5.97 Å². The zero-order valence-electron chi connectivity index (χ0n) is 18.5. The molecule has 31 heavy (non-hydrogen) atoms. The highest BCUT2D eigenvalue weighted by Gasteiger charge is 2.19. The second-order valence-corrected chi connectivity index (χ2v) is 7.83. The summed E-state index contributed by atoms with van der Waals surface area (Å²) in [7, 11) is 3.03. The van der Waals surface area contributed by atoms with Gasteiger partial charge < -0.3 is 33.9 Å². The van der Waals surface area contributed by atoms with Crippen molar-refractivity contribution in [2.75, 3.05) is 66.7 Å². The van der Waals surface area contributed by atoms with E-state index >= 15 is 0 Å². The summed E-state index contributed by atoms with van der Waals surface area (Å²) >= 11 is 0. The number of carbonyl (C=O) groups is 1. The molecule has 0 aliphatic carbocycles. The molecule has 0 aromatic heterocycles. The molecule has 1 fully saturated rings. The van der Waals surface area contributed by atoms with E-state index in [-0.39, 0.29) is 6.61 Å². The molecule has 4 bridgehead atoms. The van der Waals surface area contributed by atoms with E-state index in [2.05, 4.69) is 9.80 Å². The minimum absolute atomic E-state index is 0.230. The fourth-order valence-electron chi connectivity index (χ4n) is 3.92. The molecule has 1 N–H and O–H groups in total. The first-order valence-electron chi connectivity index (χ1n) is 11.0. The van der Waals surface area contributed by atoms with Crippen molar-refractivity contribution in [2.24, 2.45) is 0 Å². The number of hydrogen-bond donors (Lipinski definition) is 1. The van der Waals surface area contributed by atoms with Gasteiger partial charge in [-0.05, 0) is 50.6 Å². The minimum atomic E-state index is -0.525. The van der Waals surface area contributed by atoms with Crippen molar-refractivity contribution < 1.29 is 28.8 Å². The van der Waals surface area contributed by atoms with Crippen LogP contribution in [-0.4, -0.2) is 93.7 Å². The van der Waals surface area contributed by atoms with Crippen molar-refractivity contribution >= 4 is 5.97 Å². The number of aliphatic hydroxyl groups is 1. The normalized spacial score (nSPS) is 26.9. The van der Waals surface area contributed by atoms with Gasteiger partial charge in [-0.1, -0.05) is 6.08 Å². The highest BCUT2D eigenvalue weighted by atomic mass is 16.5. The highest BCUT2D eigenvalue weighted by Crippen LogP contribution is 2.38. The van der Waals surface area contributed by atoms with Crippen molar-refractivity contribution in [1.82, 2.24) is 9.80 Å². The largest absolute Gasteiger partial charge is 0.493 e. The summed E-state index contributed by atoms with van der Waals surface area (Å²) in [6.45, 7) is 6.42. The quantitative estimate of drug-likeness (QED) is 0.559. The van der Waals surface area contributed by atoms with Crippen LogP contribution in [0.5, 0.6) is 17.2 Å². The van der Waals surface area contributed by atoms with E-state index < -0.39 is 12.1 Å². The third-order valence-electron chi connectivity index (χ3n) is 5.65. The maximum absolute atomic E-state index is 12.6. The number of cyclic esters (lactones) is 1. The summed E-state index contributed by atoms with van der Waals surface area (Å²) in [6, 6.07) is 3.20. The molecule has 0 radical (unpaired) electrons. The van der Waals surface area contributed by atoms with E-state index in [1.165, 1.54) is 14.2 Å². The van der Waals surface area contributed by atoms with Gasteiger partial charge in [-0.25, -0.2) is 4.79 Å². The van der Waals surface area contributed by atoms with E-state index in [4.69, 9.17) is 18.9 Å². The number of carbonyl (C=O) groups excluding carboxylic acids is 1. The molecule has 2 aliphatic rings. The third-order valence-corrected chi connectivity index (χ3v) is 5.65. The molecular weight excluding hydrogens is 400 g/mol. The summed E-state index contributed by atoms with van der Waals surface area (Å²) in [6.07, 6.45) is 5.58. The molecule has 172 valence electrons. The lowest BCUT2D eigenvalue weighted by Gasteiger charge is -2.22. The molecule has 1 saturated heterocycles. The number of ether oxygens (including phenoxy) is 4. The zero-order chi connectivity index (χ0) is 22.1. The van der Waals surface area contributed by atoms with E-state index in [0.29, 0.717) is 35.8 Å². The molecule has 1 aromatic carbocycles. The number of rotatable bonds is 2. The average molecular weight is 435 g/mol. The Bertz CT molecular complexity index is 754. The number of methoxy groups -OCH3 is 2. The lowest BCUT2D eigenvalue weighted by molar-refractivity contribution is 0.0487. The van der Waals surface area contributed by atoms with Crippen LogP contribution < -0.4 is 14.2 Å². The summed E-state index contributed by atoms with van der Waals surface area (Å²) in [5.74, 6) is 0.775. The molecule has 2 heterocycles. The van der Waals surface area contributed by atoms with Gasteiger partial charge in [-0.2, -0.15) is 0 Å². The van der Waals surface area contributed by atoms with Gasteiger partial charge in [0.1, 0.15) is 6.61 Å². The topological polar surface area (TPSA) is 80.7 Å². The van der Waals surface area contributed by atoms with Crippen molar-refractivity contribution in [2.45, 2.75) is 25.4 Å². The van der Waals surface area contributed by atoms with Gasteiger partial charge in [0, 0.05) is 26.2 Å². The first kappa shape index (κ1) is 23.4. The van der Waals surface area contributed by atoms with E-state index in [1.807, 2.05) is 0 Å². The van der Waals surface area contributed by atoms with E-state index in [0.717, 1.165) is 52.1 Å². The number of fused-ring (bicyclic) bond motifs is 5. The predicted octanol–water partition coefficient (Wildman–Crippen LogP) is 1.96. The fourth-order valence-corrected chi connectivity index (χ4v) is 3.92. The van der Waals surface area contributed by atoms with Crippen LogP contribution in [0, 0.1) is 0 Å². The Morgan fingerprint density at radius 3 is 2.45 bits per heavy atom. The summed E-state index contributed by atoms with van der Waals surface area (Å²) in [5.41, 5.74) is 0.347. The molecule has 3 atom stereocenters. The Hall–Kier alpha value is -2.29. The lowest BCUT2D eigenvalue weighted by atomic mass is 10.2. The molecule has 3 unspecified atom stereocenters. The van der Waals surface area contributed by atoms with E-state index in [9.17, 15) is 9.90 Å². The van der Waals surface area contributed by atoms with E-state index in [1.54, 1.807) is 24.3 Å². The number of aliphatic hydroxyl groups excluding tert-OH is 1. The molecule has 0 saturated carbocycles. The van der Waals surface area contributed by atoms with Crippen molar-refractivity contribution in [3.63, 3.8) is 0 Å². The number of esters is 1. The van der Waals surface area contributed by atoms with Crippen molar-refractivity contribution in [3.05, 3.63) is 29.8 Å². The fraction of sp³-hybridized carbons (Fsp3) is 0.609. The Kier molecular flexibility index (Phi) is 8.99. The first-order chi connectivity index (χ1) is 15.1. The molecule has 0 amide bonds. The van der Waals surface area contributed by atoms with Crippen molar-refractivity contribution in [3.8, 4) is 17.2 Å². The van der Waals surface area contributed by atoms with Gasteiger partial charge in [-0.3, -0.25) is 0 Å². The third kappa shape index (κ3) is 6.85. The Morgan fingerprint density at radius 2 is 1.71 bits per heavy atom. The molecule has 2 aliphatic heterocycles. The summed E-state index contributed by atoms with van der Waals surface area (Å²) in [4.78, 5) is 17.4. The van der Waals surface area contributed by atoms with Gasteiger partial charge in [-0.15, -0.1) is 0 Å². The monoisotopic (exact) mass is 434 g/mol. The van der Waals surface area contributed by atoms with Crippen LogP contribution in [0.2, 0.25) is 0 Å². The average Bonchev–Trinajstić information content (AvgIpc) is 3.02. The number of nitrogens with zero attached hydrogens (tertiary/aromatic N) is 2. The first-order valence-corrected chi connectivity index (χ1v) is 11.0.